The van der Waals surface area contributed by atoms with E-state index in [9.17, 15) is 14.8 Å². The number of ether oxygens (including phenoxy) is 1. The van der Waals surface area contributed by atoms with Gasteiger partial charge in [0.15, 0.2) is 0 Å². The summed E-state index contributed by atoms with van der Waals surface area (Å²) in [6.45, 7) is 0. The van der Waals surface area contributed by atoms with Gasteiger partial charge < -0.3 is 20.2 Å². The number of oxime groups is 1. The lowest BCUT2D eigenvalue weighted by Crippen LogP contribution is -2.45. The summed E-state index contributed by atoms with van der Waals surface area (Å²) in [5, 5.41) is 15.9. The van der Waals surface area contributed by atoms with Crippen molar-refractivity contribution in [3.05, 3.63) is 36.0 Å². The number of thioether (sulfide) groups is 1. The summed E-state index contributed by atoms with van der Waals surface area (Å²) >= 11 is 1.56. The van der Waals surface area contributed by atoms with E-state index < -0.39 is 17.9 Å². The number of benzene rings is 1. The average molecular weight is 363 g/mol. The molecule has 0 fully saturated rings. The Balaban J connectivity index is 2.11. The second-order valence-corrected chi connectivity index (χ2v) is 6.40. The molecule has 8 heteroatoms. The van der Waals surface area contributed by atoms with Crippen molar-refractivity contribution in [3.63, 3.8) is 0 Å². The number of aromatic nitrogens is 1. The Kier molecular flexibility index (Phi) is 6.88. The fourth-order valence-electron chi connectivity index (χ4n) is 2.49. The van der Waals surface area contributed by atoms with Gasteiger partial charge in [0.05, 0.1) is 7.11 Å². The number of nitrogens with one attached hydrogen (secondary N) is 2. The average Bonchev–Trinajstić information content (AvgIpc) is 3.05. The van der Waals surface area contributed by atoms with Gasteiger partial charge in [-0.15, -0.1) is 0 Å². The normalized spacial score (nSPS) is 12.8. The number of rotatable bonds is 8. The molecule has 0 unspecified atom stereocenters. The highest BCUT2D eigenvalue weighted by Crippen LogP contribution is 2.18. The second kappa shape index (κ2) is 9.12. The number of methoxy groups -OCH3 is 1. The van der Waals surface area contributed by atoms with Gasteiger partial charge >= 0.3 is 5.97 Å². The molecule has 0 bridgehead atoms. The molecule has 0 radical (unpaired) electrons. The SMILES string of the molecule is COC(=O)[C@H](CCSC)NC(=O)C(Cc1c[nH]c2ccccc12)=NO. The predicted octanol–water partition coefficient (Wildman–Crippen LogP) is 1.95. The van der Waals surface area contributed by atoms with Crippen LogP contribution in [-0.4, -0.2) is 52.9 Å². The number of carbonyl (C=O) groups is 2. The van der Waals surface area contributed by atoms with Crippen LogP contribution in [0.5, 0.6) is 0 Å². The highest BCUT2D eigenvalue weighted by atomic mass is 32.2. The third-order valence-corrected chi connectivity index (χ3v) is 4.46. The standard InChI is InChI=1S/C17H21N3O4S/c1-24-17(22)14(7-8-25-2)19-16(21)15(20-23)9-11-10-18-13-6-4-3-5-12(11)13/h3-6,10,14,18,23H,7-9H2,1-2H3,(H,19,21)/t14-/m0/s1. The van der Waals surface area contributed by atoms with Crippen molar-refractivity contribution >= 4 is 40.3 Å². The zero-order chi connectivity index (χ0) is 18.2. The van der Waals surface area contributed by atoms with Gasteiger partial charge in [0.1, 0.15) is 11.8 Å². The van der Waals surface area contributed by atoms with Crippen molar-refractivity contribution in [3.8, 4) is 0 Å². The Morgan fingerprint density at radius 1 is 1.40 bits per heavy atom. The van der Waals surface area contributed by atoms with Crippen LogP contribution in [0.2, 0.25) is 0 Å². The number of esters is 1. The van der Waals surface area contributed by atoms with Crippen LogP contribution in [-0.2, 0) is 20.7 Å². The number of amides is 1. The van der Waals surface area contributed by atoms with Crippen molar-refractivity contribution in [2.75, 3.05) is 19.1 Å². The van der Waals surface area contributed by atoms with Crippen LogP contribution in [0.1, 0.15) is 12.0 Å². The van der Waals surface area contributed by atoms with Gasteiger partial charge in [-0.3, -0.25) is 4.79 Å². The molecule has 0 aliphatic heterocycles. The van der Waals surface area contributed by atoms with E-state index >= 15 is 0 Å². The molecule has 1 heterocycles. The number of nitrogens with zero attached hydrogens (tertiary/aromatic N) is 1. The van der Waals surface area contributed by atoms with E-state index in [1.165, 1.54) is 7.11 Å². The number of fused-ring (bicyclic) bond motifs is 1. The first-order chi connectivity index (χ1) is 12.1. The number of para-hydroxylation sites is 1. The van der Waals surface area contributed by atoms with Crippen LogP contribution in [0.15, 0.2) is 35.6 Å². The fourth-order valence-corrected chi connectivity index (χ4v) is 2.96. The molecule has 0 saturated carbocycles. The minimum atomic E-state index is -0.773. The van der Waals surface area contributed by atoms with E-state index in [-0.39, 0.29) is 12.1 Å². The van der Waals surface area contributed by atoms with E-state index in [1.54, 1.807) is 18.0 Å². The molecule has 2 rings (SSSR count). The van der Waals surface area contributed by atoms with E-state index in [4.69, 9.17) is 4.74 Å². The minimum Gasteiger partial charge on any atom is -0.467 e. The Hall–Kier alpha value is -2.48. The second-order valence-electron chi connectivity index (χ2n) is 5.41. The van der Waals surface area contributed by atoms with Crippen molar-refractivity contribution in [1.82, 2.24) is 10.3 Å². The van der Waals surface area contributed by atoms with Crippen LogP contribution in [0.25, 0.3) is 10.9 Å². The highest BCUT2D eigenvalue weighted by molar-refractivity contribution is 7.98. The molecule has 0 saturated heterocycles. The molecular formula is C17H21N3O4S. The maximum atomic E-state index is 12.4. The molecule has 0 aliphatic carbocycles. The predicted molar refractivity (Wildman–Crippen MR) is 98.2 cm³/mol. The quantitative estimate of drug-likeness (QED) is 0.288. The first-order valence-electron chi connectivity index (χ1n) is 7.74. The maximum Gasteiger partial charge on any atom is 0.328 e. The van der Waals surface area contributed by atoms with Crippen LogP contribution in [0, 0.1) is 0 Å². The summed E-state index contributed by atoms with van der Waals surface area (Å²) in [6.07, 6.45) is 4.26. The molecular weight excluding hydrogens is 342 g/mol. The Labute approximate surface area is 149 Å². The van der Waals surface area contributed by atoms with Gasteiger partial charge in [0.2, 0.25) is 0 Å². The fraction of sp³-hybridized carbons (Fsp3) is 0.353. The number of aromatic amines is 1. The summed E-state index contributed by atoms with van der Waals surface area (Å²) in [5.74, 6) is -0.426. The topological polar surface area (TPSA) is 104 Å². The van der Waals surface area contributed by atoms with Crippen LogP contribution < -0.4 is 5.32 Å². The van der Waals surface area contributed by atoms with Gasteiger partial charge in [-0.05, 0) is 30.1 Å². The highest BCUT2D eigenvalue weighted by Gasteiger charge is 2.24. The summed E-state index contributed by atoms with van der Waals surface area (Å²) in [6, 6.07) is 6.87. The van der Waals surface area contributed by atoms with Crippen molar-refractivity contribution < 1.29 is 19.5 Å². The molecule has 2 aromatic rings. The molecule has 0 aliphatic rings. The van der Waals surface area contributed by atoms with E-state index in [2.05, 4.69) is 15.5 Å². The largest absolute Gasteiger partial charge is 0.467 e. The van der Waals surface area contributed by atoms with E-state index in [0.29, 0.717) is 12.2 Å². The molecule has 0 spiro atoms. The third-order valence-electron chi connectivity index (χ3n) is 3.82. The van der Waals surface area contributed by atoms with Crippen molar-refractivity contribution in [2.24, 2.45) is 5.16 Å². The van der Waals surface area contributed by atoms with Gasteiger partial charge in [-0.1, -0.05) is 23.4 Å². The molecule has 134 valence electrons. The molecule has 1 atom stereocenters. The number of hydrogen-bond acceptors (Lipinski definition) is 6. The lowest BCUT2D eigenvalue weighted by molar-refractivity contribution is -0.144. The Morgan fingerprint density at radius 3 is 2.84 bits per heavy atom. The van der Waals surface area contributed by atoms with E-state index in [0.717, 1.165) is 16.5 Å². The molecule has 7 nitrogen and oxygen atoms in total. The Bertz CT molecular complexity index is 772. The van der Waals surface area contributed by atoms with E-state index in [1.807, 2.05) is 30.5 Å². The Morgan fingerprint density at radius 2 is 2.16 bits per heavy atom. The number of H-pyrrole nitrogens is 1. The zero-order valence-corrected chi connectivity index (χ0v) is 14.9. The van der Waals surface area contributed by atoms with Gasteiger partial charge in [-0.25, -0.2) is 4.79 Å². The summed E-state index contributed by atoms with van der Waals surface area (Å²) in [5.41, 5.74) is 1.70. The summed E-state index contributed by atoms with van der Waals surface area (Å²) < 4.78 is 4.72. The third kappa shape index (κ3) is 4.76. The molecule has 1 aromatic heterocycles. The summed E-state index contributed by atoms with van der Waals surface area (Å²) in [4.78, 5) is 27.3. The monoisotopic (exact) mass is 363 g/mol. The lowest BCUT2D eigenvalue weighted by Gasteiger charge is -2.16. The number of hydrogen-bond donors (Lipinski definition) is 3. The van der Waals surface area contributed by atoms with Crippen molar-refractivity contribution in [1.29, 1.82) is 0 Å². The van der Waals surface area contributed by atoms with Gasteiger partial charge in [0.25, 0.3) is 5.91 Å². The number of carbonyl (C=O) groups excluding carboxylic acids is 2. The van der Waals surface area contributed by atoms with Crippen LogP contribution in [0.3, 0.4) is 0 Å². The molecule has 3 N–H and O–H groups in total. The smallest absolute Gasteiger partial charge is 0.328 e. The minimum absolute atomic E-state index is 0.0668. The van der Waals surface area contributed by atoms with Crippen LogP contribution >= 0.6 is 11.8 Å². The first-order valence-corrected chi connectivity index (χ1v) is 9.13. The zero-order valence-electron chi connectivity index (χ0n) is 14.1. The van der Waals surface area contributed by atoms with Gasteiger partial charge in [-0.2, -0.15) is 11.8 Å². The van der Waals surface area contributed by atoms with Crippen LogP contribution in [0.4, 0.5) is 0 Å². The van der Waals surface area contributed by atoms with Crippen molar-refractivity contribution in [2.45, 2.75) is 18.9 Å². The first kappa shape index (κ1) is 18.9. The molecule has 25 heavy (non-hydrogen) atoms. The maximum absolute atomic E-state index is 12.4. The molecule has 1 aromatic carbocycles. The lowest BCUT2D eigenvalue weighted by atomic mass is 10.1. The van der Waals surface area contributed by atoms with Gasteiger partial charge in [0, 0.05) is 23.5 Å². The molecule has 1 amide bonds. The summed E-state index contributed by atoms with van der Waals surface area (Å²) in [7, 11) is 1.27.